The summed E-state index contributed by atoms with van der Waals surface area (Å²) in [6.45, 7) is 4.40. The molecule has 1 unspecified atom stereocenters. The van der Waals surface area contributed by atoms with Crippen molar-refractivity contribution in [2.75, 3.05) is 32.1 Å². The SMILES string of the molecule is Cc1cc(F)c(N)c(C)c1S(=O)(=O)NCC1COCCO1. The van der Waals surface area contributed by atoms with Gasteiger partial charge in [0.15, 0.2) is 0 Å². The van der Waals surface area contributed by atoms with Crippen molar-refractivity contribution in [3.05, 3.63) is 23.0 Å². The summed E-state index contributed by atoms with van der Waals surface area (Å²) >= 11 is 0. The van der Waals surface area contributed by atoms with Crippen molar-refractivity contribution in [3.63, 3.8) is 0 Å². The van der Waals surface area contributed by atoms with Crippen LogP contribution in [0.1, 0.15) is 11.1 Å². The number of hydrogen-bond acceptors (Lipinski definition) is 5. The van der Waals surface area contributed by atoms with Crippen molar-refractivity contribution in [1.29, 1.82) is 0 Å². The molecule has 0 aliphatic carbocycles. The number of ether oxygens (including phenoxy) is 2. The molecule has 0 aromatic heterocycles. The van der Waals surface area contributed by atoms with Gasteiger partial charge in [0.25, 0.3) is 0 Å². The number of hydrogen-bond donors (Lipinski definition) is 2. The highest BCUT2D eigenvalue weighted by atomic mass is 32.2. The van der Waals surface area contributed by atoms with Gasteiger partial charge >= 0.3 is 0 Å². The smallest absolute Gasteiger partial charge is 0.241 e. The molecule has 6 nitrogen and oxygen atoms in total. The van der Waals surface area contributed by atoms with E-state index in [4.69, 9.17) is 15.2 Å². The minimum Gasteiger partial charge on any atom is -0.396 e. The van der Waals surface area contributed by atoms with E-state index in [-0.39, 0.29) is 28.8 Å². The summed E-state index contributed by atoms with van der Waals surface area (Å²) in [6, 6.07) is 1.12. The summed E-state index contributed by atoms with van der Waals surface area (Å²) in [7, 11) is -3.79. The fourth-order valence-corrected chi connectivity index (χ4v) is 3.82. The highest BCUT2D eigenvalue weighted by Crippen LogP contribution is 2.27. The zero-order valence-corrected chi connectivity index (χ0v) is 12.8. The zero-order valence-electron chi connectivity index (χ0n) is 12.0. The lowest BCUT2D eigenvalue weighted by Crippen LogP contribution is -2.40. The Labute approximate surface area is 123 Å². The minimum atomic E-state index is -3.79. The van der Waals surface area contributed by atoms with Crippen molar-refractivity contribution in [2.45, 2.75) is 24.8 Å². The maximum Gasteiger partial charge on any atom is 0.241 e. The van der Waals surface area contributed by atoms with Crippen molar-refractivity contribution in [3.8, 4) is 0 Å². The Morgan fingerprint density at radius 1 is 1.43 bits per heavy atom. The topological polar surface area (TPSA) is 90.7 Å². The number of benzene rings is 1. The Kier molecular flexibility index (Phi) is 4.82. The molecule has 3 N–H and O–H groups in total. The molecule has 118 valence electrons. The lowest BCUT2D eigenvalue weighted by molar-refractivity contribution is -0.0846. The monoisotopic (exact) mass is 318 g/mol. The molecule has 2 rings (SSSR count). The molecule has 0 bridgehead atoms. The first-order chi connectivity index (χ1) is 9.83. The zero-order chi connectivity index (χ0) is 15.6. The van der Waals surface area contributed by atoms with E-state index in [1.54, 1.807) is 0 Å². The third-order valence-corrected chi connectivity index (χ3v) is 5.07. The second-order valence-electron chi connectivity index (χ2n) is 4.96. The number of aryl methyl sites for hydroxylation is 1. The average Bonchev–Trinajstić information content (AvgIpc) is 2.44. The molecular weight excluding hydrogens is 299 g/mol. The molecule has 1 atom stereocenters. The van der Waals surface area contributed by atoms with E-state index in [0.717, 1.165) is 6.07 Å². The Hall–Kier alpha value is -1.22. The molecule has 21 heavy (non-hydrogen) atoms. The molecule has 0 spiro atoms. The van der Waals surface area contributed by atoms with E-state index in [0.29, 0.717) is 25.4 Å². The van der Waals surface area contributed by atoms with Gasteiger partial charge in [0.2, 0.25) is 10.0 Å². The van der Waals surface area contributed by atoms with E-state index < -0.39 is 15.8 Å². The van der Waals surface area contributed by atoms with Gasteiger partial charge in [-0.05, 0) is 31.0 Å². The average molecular weight is 318 g/mol. The van der Waals surface area contributed by atoms with Gasteiger partial charge < -0.3 is 15.2 Å². The van der Waals surface area contributed by atoms with E-state index in [9.17, 15) is 12.8 Å². The predicted molar refractivity (Wildman–Crippen MR) is 76.0 cm³/mol. The summed E-state index contributed by atoms with van der Waals surface area (Å²) in [6.07, 6.45) is -0.327. The van der Waals surface area contributed by atoms with Crippen LogP contribution in [-0.4, -0.2) is 40.9 Å². The Morgan fingerprint density at radius 2 is 2.14 bits per heavy atom. The molecule has 1 heterocycles. The molecule has 0 radical (unpaired) electrons. The highest BCUT2D eigenvalue weighted by Gasteiger charge is 2.24. The molecule has 1 aromatic rings. The van der Waals surface area contributed by atoms with Crippen LogP contribution < -0.4 is 10.5 Å². The largest absolute Gasteiger partial charge is 0.396 e. The normalized spacial score (nSPS) is 19.7. The molecule has 0 saturated carbocycles. The van der Waals surface area contributed by atoms with Gasteiger partial charge in [0, 0.05) is 6.54 Å². The van der Waals surface area contributed by atoms with Crippen LogP contribution in [-0.2, 0) is 19.5 Å². The number of anilines is 1. The van der Waals surface area contributed by atoms with E-state index in [2.05, 4.69) is 4.72 Å². The third kappa shape index (κ3) is 3.52. The molecular formula is C13H19FN2O4S. The summed E-state index contributed by atoms with van der Waals surface area (Å²) in [4.78, 5) is 0.0122. The Morgan fingerprint density at radius 3 is 2.76 bits per heavy atom. The van der Waals surface area contributed by atoms with Crippen LogP contribution in [0.5, 0.6) is 0 Å². The molecule has 1 aliphatic rings. The second kappa shape index (κ2) is 6.27. The number of nitrogens with one attached hydrogen (secondary N) is 1. The van der Waals surface area contributed by atoms with Crippen molar-refractivity contribution < 1.29 is 22.3 Å². The van der Waals surface area contributed by atoms with Gasteiger partial charge in [-0.2, -0.15) is 0 Å². The van der Waals surface area contributed by atoms with Crippen LogP contribution in [0.25, 0.3) is 0 Å². The van der Waals surface area contributed by atoms with E-state index in [1.807, 2.05) is 0 Å². The van der Waals surface area contributed by atoms with Gasteiger partial charge in [0.05, 0.1) is 36.5 Å². The quantitative estimate of drug-likeness (QED) is 0.798. The maximum absolute atomic E-state index is 13.5. The first-order valence-electron chi connectivity index (χ1n) is 6.57. The Bertz CT molecular complexity index is 628. The van der Waals surface area contributed by atoms with Crippen molar-refractivity contribution in [2.24, 2.45) is 0 Å². The molecule has 1 fully saturated rings. The standard InChI is InChI=1S/C13H19FN2O4S/c1-8-5-11(14)12(15)9(2)13(8)21(17,18)16-6-10-7-19-3-4-20-10/h5,10,16H,3-4,6-7,15H2,1-2H3. The highest BCUT2D eigenvalue weighted by molar-refractivity contribution is 7.89. The van der Waals surface area contributed by atoms with E-state index >= 15 is 0 Å². The number of sulfonamides is 1. The number of rotatable bonds is 4. The fraction of sp³-hybridized carbons (Fsp3) is 0.538. The van der Waals surface area contributed by atoms with Gasteiger partial charge in [-0.25, -0.2) is 17.5 Å². The van der Waals surface area contributed by atoms with Gasteiger partial charge in [-0.15, -0.1) is 0 Å². The summed E-state index contributed by atoms with van der Waals surface area (Å²) in [5, 5.41) is 0. The summed E-state index contributed by atoms with van der Waals surface area (Å²) in [5.41, 5.74) is 5.94. The van der Waals surface area contributed by atoms with Crippen molar-refractivity contribution in [1.82, 2.24) is 4.72 Å². The molecule has 1 aromatic carbocycles. The van der Waals surface area contributed by atoms with Crippen LogP contribution >= 0.6 is 0 Å². The van der Waals surface area contributed by atoms with E-state index in [1.165, 1.54) is 13.8 Å². The molecule has 0 amide bonds. The molecule has 8 heteroatoms. The maximum atomic E-state index is 13.5. The first-order valence-corrected chi connectivity index (χ1v) is 8.05. The molecule has 1 aliphatic heterocycles. The summed E-state index contributed by atoms with van der Waals surface area (Å²) < 4.78 is 51.3. The summed E-state index contributed by atoms with van der Waals surface area (Å²) in [5.74, 6) is -0.618. The molecule has 1 saturated heterocycles. The Balaban J connectivity index is 2.21. The number of nitrogen functional groups attached to an aromatic ring is 1. The van der Waals surface area contributed by atoms with Gasteiger partial charge in [-0.1, -0.05) is 0 Å². The van der Waals surface area contributed by atoms with Crippen LogP contribution in [0.2, 0.25) is 0 Å². The van der Waals surface area contributed by atoms with Crippen molar-refractivity contribution >= 4 is 15.7 Å². The van der Waals surface area contributed by atoms with Gasteiger partial charge in [0.1, 0.15) is 5.82 Å². The minimum absolute atomic E-state index is 0.0122. The van der Waals surface area contributed by atoms with Crippen LogP contribution in [0.4, 0.5) is 10.1 Å². The number of halogens is 1. The van der Waals surface area contributed by atoms with Crippen LogP contribution in [0.15, 0.2) is 11.0 Å². The second-order valence-corrected chi connectivity index (χ2v) is 6.67. The first kappa shape index (κ1) is 16.2. The lowest BCUT2D eigenvalue weighted by Gasteiger charge is -2.23. The van der Waals surface area contributed by atoms with Gasteiger partial charge in [-0.3, -0.25) is 0 Å². The van der Waals surface area contributed by atoms with Crippen LogP contribution in [0.3, 0.4) is 0 Å². The third-order valence-electron chi connectivity index (χ3n) is 3.36. The number of nitrogens with two attached hydrogens (primary N) is 1. The fourth-order valence-electron chi connectivity index (χ4n) is 2.27. The van der Waals surface area contributed by atoms with Crippen LogP contribution in [0, 0.1) is 19.7 Å². The lowest BCUT2D eigenvalue weighted by atomic mass is 10.1. The predicted octanol–water partition coefficient (Wildman–Crippen LogP) is 0.718.